The molecule has 1 heterocycles. The maximum Gasteiger partial charge on any atom is 0.226 e. The third-order valence-electron chi connectivity index (χ3n) is 2.70. The second-order valence-corrected chi connectivity index (χ2v) is 4.79. The molecule has 1 aromatic heterocycles. The number of nitrogens with one attached hydrogen (secondary N) is 1. The van der Waals surface area contributed by atoms with Gasteiger partial charge in [0.1, 0.15) is 6.07 Å². The standard InChI is InChI=1S/C14H13ClN4O/c1-10-8-17-19(9-10)5-4-14(20)18-12-2-3-13(15)11(6-12)7-16/h2-3,6,8-9H,4-5H2,1H3,(H,18,20). The first kappa shape index (κ1) is 14.1. The van der Waals surface area contributed by atoms with Gasteiger partial charge in [0.05, 0.1) is 16.8 Å². The fourth-order valence-electron chi connectivity index (χ4n) is 1.72. The third kappa shape index (κ3) is 3.59. The van der Waals surface area contributed by atoms with Crippen LogP contribution in [0.1, 0.15) is 17.5 Å². The number of hydrogen-bond acceptors (Lipinski definition) is 3. The Bertz CT molecular complexity index is 672. The first-order chi connectivity index (χ1) is 9.58. The van der Waals surface area contributed by atoms with E-state index in [9.17, 15) is 4.79 Å². The van der Waals surface area contributed by atoms with E-state index < -0.39 is 0 Å². The highest BCUT2D eigenvalue weighted by Gasteiger charge is 2.06. The monoisotopic (exact) mass is 288 g/mol. The molecule has 1 N–H and O–H groups in total. The highest BCUT2D eigenvalue weighted by atomic mass is 35.5. The van der Waals surface area contributed by atoms with Crippen molar-refractivity contribution in [3.63, 3.8) is 0 Å². The van der Waals surface area contributed by atoms with Crippen LogP contribution in [0.25, 0.3) is 0 Å². The summed E-state index contributed by atoms with van der Waals surface area (Å²) in [6.07, 6.45) is 3.94. The predicted octanol–water partition coefficient (Wildman–Crippen LogP) is 2.75. The Morgan fingerprint density at radius 1 is 1.55 bits per heavy atom. The number of aromatic nitrogens is 2. The Morgan fingerprint density at radius 3 is 3.00 bits per heavy atom. The minimum Gasteiger partial charge on any atom is -0.326 e. The number of hydrogen-bond donors (Lipinski definition) is 1. The molecule has 0 atom stereocenters. The van der Waals surface area contributed by atoms with Gasteiger partial charge in [-0.1, -0.05) is 11.6 Å². The molecule has 6 heteroatoms. The normalized spacial score (nSPS) is 10.1. The van der Waals surface area contributed by atoms with E-state index in [-0.39, 0.29) is 5.91 Å². The zero-order chi connectivity index (χ0) is 14.5. The number of benzene rings is 1. The average molecular weight is 289 g/mol. The number of rotatable bonds is 4. The molecule has 20 heavy (non-hydrogen) atoms. The van der Waals surface area contributed by atoms with Gasteiger partial charge in [0.15, 0.2) is 0 Å². The molecule has 0 saturated heterocycles. The molecule has 0 aliphatic carbocycles. The van der Waals surface area contributed by atoms with E-state index in [2.05, 4.69) is 10.4 Å². The van der Waals surface area contributed by atoms with Gasteiger partial charge >= 0.3 is 0 Å². The van der Waals surface area contributed by atoms with E-state index in [1.165, 1.54) is 0 Å². The van der Waals surface area contributed by atoms with Crippen LogP contribution >= 0.6 is 11.6 Å². The number of aryl methyl sites for hydroxylation is 2. The zero-order valence-corrected chi connectivity index (χ0v) is 11.7. The lowest BCUT2D eigenvalue weighted by Crippen LogP contribution is -2.14. The van der Waals surface area contributed by atoms with Gasteiger partial charge < -0.3 is 5.32 Å². The summed E-state index contributed by atoms with van der Waals surface area (Å²) in [5.74, 6) is -0.135. The van der Waals surface area contributed by atoms with Crippen LogP contribution in [0.2, 0.25) is 5.02 Å². The van der Waals surface area contributed by atoms with Crippen molar-refractivity contribution in [2.45, 2.75) is 19.9 Å². The Morgan fingerprint density at radius 2 is 2.35 bits per heavy atom. The van der Waals surface area contributed by atoms with E-state index in [4.69, 9.17) is 16.9 Å². The van der Waals surface area contributed by atoms with Gasteiger partial charge in [0.2, 0.25) is 5.91 Å². The number of nitriles is 1. The molecule has 2 aromatic rings. The molecular formula is C14H13ClN4O. The lowest BCUT2D eigenvalue weighted by atomic mass is 10.2. The number of nitrogens with zero attached hydrogens (tertiary/aromatic N) is 3. The van der Waals surface area contributed by atoms with Crippen LogP contribution in [0.4, 0.5) is 5.69 Å². The van der Waals surface area contributed by atoms with Crippen molar-refractivity contribution in [2.75, 3.05) is 5.32 Å². The van der Waals surface area contributed by atoms with Crippen molar-refractivity contribution in [1.29, 1.82) is 5.26 Å². The summed E-state index contributed by atoms with van der Waals surface area (Å²) in [6.45, 7) is 2.46. The Balaban J connectivity index is 1.93. The number of anilines is 1. The molecule has 0 radical (unpaired) electrons. The summed E-state index contributed by atoms with van der Waals surface area (Å²) >= 11 is 5.83. The maximum absolute atomic E-state index is 11.8. The third-order valence-corrected chi connectivity index (χ3v) is 3.03. The quantitative estimate of drug-likeness (QED) is 0.940. The molecule has 0 aliphatic heterocycles. The second kappa shape index (κ2) is 6.22. The summed E-state index contributed by atoms with van der Waals surface area (Å²) in [5.41, 5.74) is 1.96. The Hall–Kier alpha value is -2.32. The molecule has 0 spiro atoms. The van der Waals surface area contributed by atoms with E-state index >= 15 is 0 Å². The molecule has 1 aromatic carbocycles. The minimum absolute atomic E-state index is 0.135. The molecule has 2 rings (SSSR count). The van der Waals surface area contributed by atoms with E-state index in [0.717, 1.165) is 5.56 Å². The fraction of sp³-hybridized carbons (Fsp3) is 0.214. The first-order valence-electron chi connectivity index (χ1n) is 6.07. The summed E-state index contributed by atoms with van der Waals surface area (Å²) in [6, 6.07) is 6.78. The van der Waals surface area contributed by atoms with Crippen LogP contribution in [0.5, 0.6) is 0 Å². The Labute approximate surface area is 121 Å². The second-order valence-electron chi connectivity index (χ2n) is 4.39. The van der Waals surface area contributed by atoms with Gasteiger partial charge in [-0.25, -0.2) is 0 Å². The lowest BCUT2D eigenvalue weighted by Gasteiger charge is -2.06. The van der Waals surface area contributed by atoms with Crippen LogP contribution in [0.15, 0.2) is 30.6 Å². The van der Waals surface area contributed by atoms with Crippen molar-refractivity contribution in [3.8, 4) is 6.07 Å². The minimum atomic E-state index is -0.135. The Kier molecular flexibility index (Phi) is 4.38. The average Bonchev–Trinajstić information content (AvgIpc) is 2.84. The van der Waals surface area contributed by atoms with Crippen LogP contribution in [0, 0.1) is 18.3 Å². The van der Waals surface area contributed by atoms with Gasteiger partial charge in [0, 0.05) is 24.8 Å². The van der Waals surface area contributed by atoms with Crippen LogP contribution in [-0.2, 0) is 11.3 Å². The highest BCUT2D eigenvalue weighted by Crippen LogP contribution is 2.19. The van der Waals surface area contributed by atoms with Gasteiger partial charge in [-0.3, -0.25) is 9.48 Å². The summed E-state index contributed by atoms with van der Waals surface area (Å²) in [7, 11) is 0. The van der Waals surface area contributed by atoms with Crippen molar-refractivity contribution in [3.05, 3.63) is 46.7 Å². The predicted molar refractivity (Wildman–Crippen MR) is 76.4 cm³/mol. The van der Waals surface area contributed by atoms with Gasteiger partial charge in [-0.15, -0.1) is 0 Å². The largest absolute Gasteiger partial charge is 0.326 e. The molecular weight excluding hydrogens is 276 g/mol. The number of carbonyl (C=O) groups excluding carboxylic acids is 1. The molecule has 1 amide bonds. The SMILES string of the molecule is Cc1cnn(CCC(=O)Nc2ccc(Cl)c(C#N)c2)c1. The number of halogens is 1. The van der Waals surface area contributed by atoms with Crippen LogP contribution < -0.4 is 5.32 Å². The summed E-state index contributed by atoms with van der Waals surface area (Å²) < 4.78 is 1.72. The van der Waals surface area contributed by atoms with Crippen molar-refractivity contribution >= 4 is 23.2 Å². The lowest BCUT2D eigenvalue weighted by molar-refractivity contribution is -0.116. The van der Waals surface area contributed by atoms with E-state index in [1.807, 2.05) is 19.2 Å². The molecule has 0 fully saturated rings. The number of carbonyl (C=O) groups is 1. The van der Waals surface area contributed by atoms with Crippen molar-refractivity contribution in [1.82, 2.24) is 9.78 Å². The zero-order valence-electron chi connectivity index (χ0n) is 10.9. The van der Waals surface area contributed by atoms with Gasteiger partial charge in [0.25, 0.3) is 0 Å². The molecule has 102 valence electrons. The van der Waals surface area contributed by atoms with Gasteiger partial charge in [-0.05, 0) is 30.7 Å². The van der Waals surface area contributed by atoms with Crippen molar-refractivity contribution < 1.29 is 4.79 Å². The van der Waals surface area contributed by atoms with Gasteiger partial charge in [-0.2, -0.15) is 10.4 Å². The smallest absolute Gasteiger partial charge is 0.226 e. The number of amides is 1. The maximum atomic E-state index is 11.8. The molecule has 0 bridgehead atoms. The van der Waals surface area contributed by atoms with Crippen molar-refractivity contribution in [2.24, 2.45) is 0 Å². The highest BCUT2D eigenvalue weighted by molar-refractivity contribution is 6.31. The summed E-state index contributed by atoms with van der Waals surface area (Å²) in [4.78, 5) is 11.8. The van der Waals surface area contributed by atoms with Crippen LogP contribution in [-0.4, -0.2) is 15.7 Å². The van der Waals surface area contributed by atoms with E-state index in [1.54, 1.807) is 29.1 Å². The molecule has 0 unspecified atom stereocenters. The molecule has 5 nitrogen and oxygen atoms in total. The fourth-order valence-corrected chi connectivity index (χ4v) is 1.88. The molecule has 0 saturated carbocycles. The molecule has 0 aliphatic rings. The topological polar surface area (TPSA) is 70.7 Å². The first-order valence-corrected chi connectivity index (χ1v) is 6.45. The summed E-state index contributed by atoms with van der Waals surface area (Å²) in [5, 5.41) is 16.1. The van der Waals surface area contributed by atoms with Crippen LogP contribution in [0.3, 0.4) is 0 Å². The van der Waals surface area contributed by atoms with E-state index in [0.29, 0.717) is 29.2 Å².